The Balaban J connectivity index is 1.67. The summed E-state index contributed by atoms with van der Waals surface area (Å²) in [7, 11) is -3.65. The Labute approximate surface area is 194 Å². The Hall–Kier alpha value is -2.98. The number of carbonyl (C=O) groups is 1. The lowest BCUT2D eigenvalue weighted by atomic mass is 10.1. The minimum Gasteiger partial charge on any atom is -0.382 e. The fraction of sp³-hybridized carbons (Fsp3) is 0.435. The molecule has 3 rings (SSSR count). The monoisotopic (exact) mass is 473 g/mol. The van der Waals surface area contributed by atoms with Crippen LogP contribution in [0.1, 0.15) is 39.7 Å². The zero-order valence-corrected chi connectivity index (χ0v) is 20.2. The molecule has 0 spiro atoms. The van der Waals surface area contributed by atoms with Crippen molar-refractivity contribution < 1.29 is 18.0 Å². The Bertz CT molecular complexity index is 1180. The van der Waals surface area contributed by atoms with Gasteiger partial charge < -0.3 is 10.2 Å². The molecule has 9 nitrogen and oxygen atoms in total. The van der Waals surface area contributed by atoms with Crippen LogP contribution in [0.5, 0.6) is 0 Å². The second kappa shape index (κ2) is 10.8. The summed E-state index contributed by atoms with van der Waals surface area (Å²) >= 11 is 0. The van der Waals surface area contributed by atoms with Crippen molar-refractivity contribution in [2.75, 3.05) is 13.1 Å². The van der Waals surface area contributed by atoms with Gasteiger partial charge in [-0.15, -0.1) is 5.10 Å². The van der Waals surface area contributed by atoms with E-state index in [2.05, 4.69) is 27.8 Å². The molecule has 0 saturated carbocycles. The van der Waals surface area contributed by atoms with Crippen molar-refractivity contribution in [2.45, 2.75) is 57.6 Å². The van der Waals surface area contributed by atoms with Crippen molar-refractivity contribution in [2.24, 2.45) is 0 Å². The second-order valence-corrected chi connectivity index (χ2v) is 9.82. The molecule has 1 N–H and O–H groups in total. The van der Waals surface area contributed by atoms with Gasteiger partial charge in [-0.2, -0.15) is 4.31 Å². The lowest BCUT2D eigenvalue weighted by Gasteiger charge is -2.19. The van der Waals surface area contributed by atoms with E-state index < -0.39 is 16.1 Å². The number of nitrogens with zero attached hydrogens (tertiary/aromatic N) is 4. The maximum absolute atomic E-state index is 12.9. The van der Waals surface area contributed by atoms with E-state index in [1.54, 1.807) is 26.8 Å². The third-order valence-corrected chi connectivity index (χ3v) is 7.50. The van der Waals surface area contributed by atoms with Crippen LogP contribution in [0.4, 0.5) is 0 Å². The highest BCUT2D eigenvalue weighted by atomic mass is 32.2. The number of hydrogen-bond acceptors (Lipinski definition) is 6. The molecular weight excluding hydrogens is 442 g/mol. The first-order valence-corrected chi connectivity index (χ1v) is 12.6. The van der Waals surface area contributed by atoms with E-state index in [1.165, 1.54) is 22.0 Å². The van der Waals surface area contributed by atoms with Gasteiger partial charge in [-0.3, -0.25) is 4.79 Å². The molecule has 0 radical (unpaired) electrons. The number of amides is 1. The summed E-state index contributed by atoms with van der Waals surface area (Å²) in [6.07, 6.45) is 0.799. The van der Waals surface area contributed by atoms with Crippen molar-refractivity contribution in [3.8, 4) is 0 Å². The molecule has 0 aliphatic carbocycles. The van der Waals surface area contributed by atoms with Crippen molar-refractivity contribution in [3.05, 3.63) is 54.1 Å². The van der Waals surface area contributed by atoms with Gasteiger partial charge in [0.05, 0.1) is 4.90 Å². The molecule has 0 fully saturated rings. The number of benzene rings is 2. The molecule has 1 heterocycles. The van der Waals surface area contributed by atoms with Crippen LogP contribution in [-0.4, -0.2) is 59.0 Å². The van der Waals surface area contributed by atoms with Gasteiger partial charge in [0, 0.05) is 19.1 Å². The molecule has 0 bridgehead atoms. The van der Waals surface area contributed by atoms with Gasteiger partial charge in [0.15, 0.2) is 0 Å². The quantitative estimate of drug-likeness (QED) is 0.458. The van der Waals surface area contributed by atoms with E-state index in [0.29, 0.717) is 24.1 Å². The average molecular weight is 474 g/mol. The van der Waals surface area contributed by atoms with Gasteiger partial charge in [-0.05, 0) is 55.7 Å². The van der Waals surface area contributed by atoms with Crippen LogP contribution in [0.25, 0.3) is 11.0 Å². The molecule has 1 aromatic heterocycles. The van der Waals surface area contributed by atoms with E-state index >= 15 is 0 Å². The lowest BCUT2D eigenvalue weighted by Crippen LogP contribution is -2.43. The molecule has 2 atom stereocenters. The predicted octanol–water partition coefficient (Wildman–Crippen LogP) is 2.42. The zero-order valence-electron chi connectivity index (χ0n) is 19.4. The van der Waals surface area contributed by atoms with Crippen LogP contribution in [0.2, 0.25) is 0 Å². The zero-order chi connectivity index (χ0) is 24.0. The SMILES string of the molecule is CCN(CC)S(=O)(=O)c1ccc2nnn(O[C@H](C)C(=O)N[C@@H](C)CCc3ccccc3)c2c1. The van der Waals surface area contributed by atoms with E-state index in [-0.39, 0.29) is 16.8 Å². The first-order chi connectivity index (χ1) is 15.8. The van der Waals surface area contributed by atoms with Crippen molar-refractivity contribution in [1.82, 2.24) is 24.8 Å². The summed E-state index contributed by atoms with van der Waals surface area (Å²) in [4.78, 5) is 19.5. The fourth-order valence-corrected chi connectivity index (χ4v) is 4.97. The number of hydrogen-bond donors (Lipinski definition) is 1. The van der Waals surface area contributed by atoms with Gasteiger partial charge in [-0.1, -0.05) is 49.0 Å². The first-order valence-electron chi connectivity index (χ1n) is 11.1. The minimum absolute atomic E-state index is 0.0398. The summed E-state index contributed by atoms with van der Waals surface area (Å²) in [5.74, 6) is -0.286. The van der Waals surface area contributed by atoms with Gasteiger partial charge in [0.25, 0.3) is 5.91 Å². The molecular formula is C23H31N5O4S. The van der Waals surface area contributed by atoms with Gasteiger partial charge >= 0.3 is 0 Å². The molecule has 178 valence electrons. The smallest absolute Gasteiger partial charge is 0.263 e. The van der Waals surface area contributed by atoms with E-state index in [0.717, 1.165) is 17.7 Å². The molecule has 1 amide bonds. The number of aryl methyl sites for hydroxylation is 1. The summed E-state index contributed by atoms with van der Waals surface area (Å²) in [5.41, 5.74) is 2.06. The third-order valence-electron chi connectivity index (χ3n) is 5.45. The molecule has 0 saturated heterocycles. The van der Waals surface area contributed by atoms with E-state index in [4.69, 9.17) is 4.84 Å². The van der Waals surface area contributed by atoms with Crippen LogP contribution >= 0.6 is 0 Å². The molecule has 33 heavy (non-hydrogen) atoms. The molecule has 0 aliphatic rings. The second-order valence-electron chi connectivity index (χ2n) is 7.88. The number of rotatable bonds is 11. The van der Waals surface area contributed by atoms with Crippen LogP contribution < -0.4 is 10.2 Å². The normalized spacial score (nSPS) is 13.7. The molecule has 10 heteroatoms. The Morgan fingerprint density at radius 1 is 1.12 bits per heavy atom. The average Bonchev–Trinajstić information content (AvgIpc) is 3.21. The fourth-order valence-electron chi connectivity index (χ4n) is 3.49. The summed E-state index contributed by atoms with van der Waals surface area (Å²) < 4.78 is 27.1. The number of nitrogens with one attached hydrogen (secondary N) is 1. The van der Waals surface area contributed by atoms with E-state index in [1.807, 2.05) is 25.1 Å². The third kappa shape index (κ3) is 5.88. The predicted molar refractivity (Wildman–Crippen MR) is 126 cm³/mol. The van der Waals surface area contributed by atoms with Crippen LogP contribution in [-0.2, 0) is 21.2 Å². The van der Waals surface area contributed by atoms with Gasteiger partial charge in [0.1, 0.15) is 11.0 Å². The molecule has 0 unspecified atom stereocenters. The highest BCUT2D eigenvalue weighted by Crippen LogP contribution is 2.20. The summed E-state index contributed by atoms with van der Waals surface area (Å²) in [6.45, 7) is 7.87. The number of aromatic nitrogens is 3. The van der Waals surface area contributed by atoms with Crippen LogP contribution in [0.3, 0.4) is 0 Å². The lowest BCUT2D eigenvalue weighted by molar-refractivity contribution is -0.133. The summed E-state index contributed by atoms with van der Waals surface area (Å²) in [6, 6.07) is 14.6. The van der Waals surface area contributed by atoms with Crippen LogP contribution in [0.15, 0.2) is 53.4 Å². The van der Waals surface area contributed by atoms with Crippen LogP contribution in [0, 0.1) is 0 Å². The number of fused-ring (bicyclic) bond motifs is 1. The van der Waals surface area contributed by atoms with Gasteiger partial charge in [0.2, 0.25) is 16.1 Å². The Morgan fingerprint density at radius 2 is 1.82 bits per heavy atom. The topological polar surface area (TPSA) is 106 Å². The molecule has 2 aromatic carbocycles. The maximum atomic E-state index is 12.9. The Morgan fingerprint density at radius 3 is 2.48 bits per heavy atom. The van der Waals surface area contributed by atoms with E-state index in [9.17, 15) is 13.2 Å². The summed E-state index contributed by atoms with van der Waals surface area (Å²) in [5, 5.41) is 10.9. The maximum Gasteiger partial charge on any atom is 0.263 e. The van der Waals surface area contributed by atoms with Crippen molar-refractivity contribution >= 4 is 27.0 Å². The highest BCUT2D eigenvalue weighted by Gasteiger charge is 2.24. The van der Waals surface area contributed by atoms with Gasteiger partial charge in [-0.25, -0.2) is 8.42 Å². The van der Waals surface area contributed by atoms with Crippen molar-refractivity contribution in [1.29, 1.82) is 0 Å². The van der Waals surface area contributed by atoms with Crippen molar-refractivity contribution in [3.63, 3.8) is 0 Å². The number of carbonyl (C=O) groups excluding carboxylic acids is 1. The largest absolute Gasteiger partial charge is 0.382 e. The standard InChI is InChI=1S/C23H31N5O4S/c1-5-27(6-2)33(30,31)20-14-15-21-22(16-20)28(26-25-21)32-18(4)23(29)24-17(3)12-13-19-10-8-7-9-11-19/h7-11,14-18H,5-6,12-13H2,1-4H3,(H,24,29)/t17-,18+/m0/s1. The first kappa shape index (κ1) is 24.7. The highest BCUT2D eigenvalue weighted by molar-refractivity contribution is 7.89. The molecule has 3 aromatic rings. The Kier molecular flexibility index (Phi) is 8.04. The minimum atomic E-state index is -3.65. The number of sulfonamides is 1. The molecule has 0 aliphatic heterocycles.